The molecule has 6 nitrogen and oxygen atoms in total. The van der Waals surface area contributed by atoms with Gasteiger partial charge in [0, 0.05) is 7.05 Å². The first-order chi connectivity index (χ1) is 9.49. The third kappa shape index (κ3) is 2.30. The molecule has 0 radical (unpaired) electrons. The zero-order chi connectivity index (χ0) is 14.9. The van der Waals surface area contributed by atoms with E-state index in [4.69, 9.17) is 26.2 Å². The van der Waals surface area contributed by atoms with Crippen LogP contribution in [-0.4, -0.2) is 35.1 Å². The van der Waals surface area contributed by atoms with E-state index in [1.165, 1.54) is 25.0 Å². The van der Waals surface area contributed by atoms with Crippen LogP contribution in [0.2, 0.25) is 5.02 Å². The second-order valence-corrected chi connectivity index (χ2v) is 4.41. The van der Waals surface area contributed by atoms with Crippen LogP contribution in [-0.2, 0) is 7.05 Å². The monoisotopic (exact) mass is 296 g/mol. The predicted octanol–water partition coefficient (Wildman–Crippen LogP) is 2.46. The fourth-order valence-corrected chi connectivity index (χ4v) is 2.19. The van der Waals surface area contributed by atoms with Gasteiger partial charge in [0.2, 0.25) is 0 Å². The number of aromatic nitrogens is 2. The standard InChI is InChI=1S/C13H13ClN2O4/c1-16-9(6-8(15-16)13(17)18)11-7(14)4-5-10(19-2)12(11)20-3/h4-6H,1-3H3,(H,17,18). The van der Waals surface area contributed by atoms with Gasteiger partial charge in [0.25, 0.3) is 0 Å². The second-order valence-electron chi connectivity index (χ2n) is 4.00. The summed E-state index contributed by atoms with van der Waals surface area (Å²) >= 11 is 6.21. The molecular weight excluding hydrogens is 284 g/mol. The number of aryl methyl sites for hydroxylation is 1. The number of aromatic carboxylic acids is 1. The van der Waals surface area contributed by atoms with Gasteiger partial charge in [0.15, 0.2) is 17.2 Å². The molecule has 0 spiro atoms. The van der Waals surface area contributed by atoms with Gasteiger partial charge < -0.3 is 14.6 Å². The molecule has 0 bridgehead atoms. The Hall–Kier alpha value is -2.21. The number of benzene rings is 1. The van der Waals surface area contributed by atoms with Crippen molar-refractivity contribution >= 4 is 17.6 Å². The molecule has 0 aliphatic rings. The molecule has 20 heavy (non-hydrogen) atoms. The summed E-state index contributed by atoms with van der Waals surface area (Å²) in [5, 5.41) is 13.3. The summed E-state index contributed by atoms with van der Waals surface area (Å²) in [5.74, 6) is -0.172. The van der Waals surface area contributed by atoms with Crippen molar-refractivity contribution in [2.75, 3.05) is 14.2 Å². The maximum atomic E-state index is 11.0. The normalized spacial score (nSPS) is 10.4. The highest BCUT2D eigenvalue weighted by Crippen LogP contribution is 2.42. The van der Waals surface area contributed by atoms with Crippen LogP contribution < -0.4 is 9.47 Å². The summed E-state index contributed by atoms with van der Waals surface area (Å²) < 4.78 is 12.0. The number of hydrogen-bond acceptors (Lipinski definition) is 4. The molecule has 106 valence electrons. The van der Waals surface area contributed by atoms with Crippen molar-refractivity contribution < 1.29 is 19.4 Å². The Morgan fingerprint density at radius 2 is 2.05 bits per heavy atom. The molecule has 0 fully saturated rings. The minimum atomic E-state index is -1.11. The zero-order valence-electron chi connectivity index (χ0n) is 11.2. The molecule has 0 amide bonds. The van der Waals surface area contributed by atoms with E-state index in [2.05, 4.69) is 5.10 Å². The van der Waals surface area contributed by atoms with Gasteiger partial charge in [0.05, 0.1) is 30.5 Å². The molecule has 0 saturated carbocycles. The van der Waals surface area contributed by atoms with Gasteiger partial charge >= 0.3 is 5.97 Å². The molecule has 7 heteroatoms. The highest BCUT2D eigenvalue weighted by Gasteiger charge is 2.21. The van der Waals surface area contributed by atoms with Crippen LogP contribution in [0.25, 0.3) is 11.3 Å². The van der Waals surface area contributed by atoms with Crippen molar-refractivity contribution in [1.82, 2.24) is 9.78 Å². The quantitative estimate of drug-likeness (QED) is 0.938. The topological polar surface area (TPSA) is 73.6 Å². The van der Waals surface area contributed by atoms with E-state index >= 15 is 0 Å². The Balaban J connectivity index is 2.71. The van der Waals surface area contributed by atoms with Crippen LogP contribution in [0.5, 0.6) is 11.5 Å². The summed E-state index contributed by atoms with van der Waals surface area (Å²) in [6.07, 6.45) is 0. The Morgan fingerprint density at radius 3 is 2.55 bits per heavy atom. The number of ether oxygens (including phenoxy) is 2. The lowest BCUT2D eigenvalue weighted by molar-refractivity contribution is 0.0689. The van der Waals surface area contributed by atoms with Crippen molar-refractivity contribution in [3.05, 3.63) is 28.9 Å². The number of nitrogens with zero attached hydrogens (tertiary/aromatic N) is 2. The number of rotatable bonds is 4. The van der Waals surface area contributed by atoms with Crippen LogP contribution >= 0.6 is 11.6 Å². The van der Waals surface area contributed by atoms with E-state index in [0.717, 1.165) is 0 Å². The third-order valence-electron chi connectivity index (χ3n) is 2.85. The Bertz CT molecular complexity index is 667. The minimum Gasteiger partial charge on any atom is -0.493 e. The highest BCUT2D eigenvalue weighted by molar-refractivity contribution is 6.33. The number of carboxylic acid groups (broad SMARTS) is 1. The van der Waals surface area contributed by atoms with Crippen LogP contribution in [0.1, 0.15) is 10.5 Å². The second kappa shape index (κ2) is 5.42. The predicted molar refractivity (Wildman–Crippen MR) is 73.7 cm³/mol. The molecule has 2 aromatic rings. The molecule has 1 aromatic carbocycles. The fraction of sp³-hybridized carbons (Fsp3) is 0.231. The van der Waals surface area contributed by atoms with Crippen LogP contribution in [0, 0.1) is 0 Å². The molecule has 0 aliphatic carbocycles. The first-order valence-electron chi connectivity index (χ1n) is 5.67. The molecule has 1 N–H and O–H groups in total. The summed E-state index contributed by atoms with van der Waals surface area (Å²) in [6, 6.07) is 4.77. The highest BCUT2D eigenvalue weighted by atomic mass is 35.5. The van der Waals surface area contributed by atoms with Gasteiger partial charge in [-0.15, -0.1) is 0 Å². The average Bonchev–Trinajstić information content (AvgIpc) is 2.80. The molecule has 0 atom stereocenters. The SMILES string of the molecule is COc1ccc(Cl)c(-c2cc(C(=O)O)nn2C)c1OC. The first-order valence-corrected chi connectivity index (χ1v) is 6.05. The van der Waals surface area contributed by atoms with Crippen LogP contribution in [0.15, 0.2) is 18.2 Å². The summed E-state index contributed by atoms with van der Waals surface area (Å²) in [7, 11) is 4.64. The molecule has 0 unspecified atom stereocenters. The van der Waals surface area contributed by atoms with E-state index in [-0.39, 0.29) is 5.69 Å². The minimum absolute atomic E-state index is 0.0663. The van der Waals surface area contributed by atoms with Crippen LogP contribution in [0.3, 0.4) is 0 Å². The van der Waals surface area contributed by atoms with Gasteiger partial charge in [-0.05, 0) is 18.2 Å². The lowest BCUT2D eigenvalue weighted by Gasteiger charge is -2.14. The van der Waals surface area contributed by atoms with E-state index in [9.17, 15) is 4.79 Å². The van der Waals surface area contributed by atoms with Gasteiger partial charge in [-0.25, -0.2) is 4.79 Å². The van der Waals surface area contributed by atoms with Gasteiger partial charge in [0.1, 0.15) is 0 Å². The number of hydrogen-bond donors (Lipinski definition) is 1. The maximum Gasteiger partial charge on any atom is 0.356 e. The van der Waals surface area contributed by atoms with Crippen molar-refractivity contribution in [3.8, 4) is 22.8 Å². The summed E-state index contributed by atoms with van der Waals surface area (Å²) in [4.78, 5) is 11.0. The Labute approximate surface area is 120 Å². The molecule has 1 aromatic heterocycles. The van der Waals surface area contributed by atoms with E-state index in [1.54, 1.807) is 19.2 Å². The first kappa shape index (κ1) is 14.2. The van der Waals surface area contributed by atoms with Crippen LogP contribution in [0.4, 0.5) is 0 Å². The van der Waals surface area contributed by atoms with Gasteiger partial charge in [-0.3, -0.25) is 4.68 Å². The summed E-state index contributed by atoms with van der Waals surface area (Å²) in [5.41, 5.74) is 1.00. The number of carbonyl (C=O) groups is 1. The largest absolute Gasteiger partial charge is 0.493 e. The lowest BCUT2D eigenvalue weighted by Crippen LogP contribution is -2.00. The van der Waals surface area contributed by atoms with Crippen molar-refractivity contribution in [3.63, 3.8) is 0 Å². The number of halogens is 1. The maximum absolute atomic E-state index is 11.0. The Kier molecular flexibility index (Phi) is 3.85. The van der Waals surface area contributed by atoms with Gasteiger partial charge in [-0.1, -0.05) is 11.6 Å². The molecular formula is C13H13ClN2O4. The van der Waals surface area contributed by atoms with Crippen molar-refractivity contribution in [1.29, 1.82) is 0 Å². The molecule has 1 heterocycles. The van der Waals surface area contributed by atoms with Crippen molar-refractivity contribution in [2.24, 2.45) is 7.05 Å². The fourth-order valence-electron chi connectivity index (χ4n) is 1.95. The van der Waals surface area contributed by atoms with Crippen molar-refractivity contribution in [2.45, 2.75) is 0 Å². The number of methoxy groups -OCH3 is 2. The van der Waals surface area contributed by atoms with E-state index in [0.29, 0.717) is 27.8 Å². The third-order valence-corrected chi connectivity index (χ3v) is 3.16. The smallest absolute Gasteiger partial charge is 0.356 e. The number of carboxylic acids is 1. The van der Waals surface area contributed by atoms with E-state index in [1.807, 2.05) is 0 Å². The lowest BCUT2D eigenvalue weighted by atomic mass is 10.1. The molecule has 0 aliphatic heterocycles. The average molecular weight is 297 g/mol. The van der Waals surface area contributed by atoms with E-state index < -0.39 is 5.97 Å². The Morgan fingerprint density at radius 1 is 1.35 bits per heavy atom. The zero-order valence-corrected chi connectivity index (χ0v) is 11.9. The summed E-state index contributed by atoms with van der Waals surface area (Å²) in [6.45, 7) is 0. The molecule has 2 rings (SSSR count). The molecule has 0 saturated heterocycles. The van der Waals surface area contributed by atoms with Gasteiger partial charge in [-0.2, -0.15) is 5.10 Å².